The van der Waals surface area contributed by atoms with Gasteiger partial charge in [-0.15, -0.1) is 11.6 Å². The molecule has 0 bridgehead atoms. The number of carbonyl (C=O) groups is 1. The largest absolute Gasteiger partial charge is 0.496 e. The number of hydrogen-bond acceptors (Lipinski definition) is 2. The summed E-state index contributed by atoms with van der Waals surface area (Å²) in [5, 5.41) is 0. The summed E-state index contributed by atoms with van der Waals surface area (Å²) in [7, 11) is 1.54. The van der Waals surface area contributed by atoms with Crippen LogP contribution in [-0.2, 0) is 5.88 Å². The molecular formula is C11H12BrClO2. The Kier molecular flexibility index (Phi) is 4.61. The molecule has 0 aliphatic heterocycles. The number of Topliss-reactive ketones (excluding diaryl/α,β-unsaturated/α-hetero) is 1. The summed E-state index contributed by atoms with van der Waals surface area (Å²) in [5.74, 6) is 0.992. The smallest absolute Gasteiger partial charge is 0.179 e. The van der Waals surface area contributed by atoms with Crippen LogP contribution >= 0.6 is 27.5 Å². The minimum absolute atomic E-state index is 0.00738. The van der Waals surface area contributed by atoms with Crippen LogP contribution in [0.3, 0.4) is 0 Å². The van der Waals surface area contributed by atoms with Gasteiger partial charge in [-0.2, -0.15) is 0 Å². The fraction of sp³-hybridized carbons (Fsp3) is 0.364. The third-order valence-electron chi connectivity index (χ3n) is 2.05. The fourth-order valence-corrected chi connectivity index (χ4v) is 1.65. The summed E-state index contributed by atoms with van der Waals surface area (Å²) in [5.41, 5.74) is 1.52. The molecule has 1 unspecified atom stereocenters. The van der Waals surface area contributed by atoms with Gasteiger partial charge in [-0.1, -0.05) is 22.0 Å². The molecule has 82 valence electrons. The van der Waals surface area contributed by atoms with E-state index in [2.05, 4.69) is 15.9 Å². The third kappa shape index (κ3) is 2.95. The normalized spacial score (nSPS) is 12.3. The number of halogens is 2. The number of ketones is 1. The van der Waals surface area contributed by atoms with Gasteiger partial charge in [0.1, 0.15) is 5.75 Å². The topological polar surface area (TPSA) is 26.3 Å². The standard InChI is InChI=1S/C11H12BrClO2/c1-7(12)11(14)9-4-3-8(6-13)5-10(9)15-2/h3-5,7H,6H2,1-2H3. The van der Waals surface area contributed by atoms with Gasteiger partial charge in [0.25, 0.3) is 0 Å². The molecule has 1 rings (SSSR count). The zero-order valence-electron chi connectivity index (χ0n) is 8.59. The summed E-state index contributed by atoms with van der Waals surface area (Å²) < 4.78 is 5.16. The van der Waals surface area contributed by atoms with E-state index >= 15 is 0 Å². The molecular weight excluding hydrogens is 279 g/mol. The predicted molar refractivity (Wildman–Crippen MR) is 65.3 cm³/mol. The molecule has 1 aromatic carbocycles. The Labute approximate surface area is 103 Å². The maximum absolute atomic E-state index is 11.8. The number of hydrogen-bond donors (Lipinski definition) is 0. The van der Waals surface area contributed by atoms with E-state index in [1.807, 2.05) is 6.07 Å². The second-order valence-corrected chi connectivity index (χ2v) is 4.79. The summed E-state index contributed by atoms with van der Waals surface area (Å²) in [6.07, 6.45) is 0. The number of ether oxygens (including phenoxy) is 1. The minimum atomic E-state index is -0.215. The lowest BCUT2D eigenvalue weighted by atomic mass is 10.1. The molecule has 0 amide bonds. The SMILES string of the molecule is COc1cc(CCl)ccc1C(=O)C(C)Br. The summed E-state index contributed by atoms with van der Waals surface area (Å²) in [4.78, 5) is 11.5. The molecule has 0 aliphatic carbocycles. The minimum Gasteiger partial charge on any atom is -0.496 e. The van der Waals surface area contributed by atoms with Crippen LogP contribution in [0.5, 0.6) is 5.75 Å². The Morgan fingerprint density at radius 2 is 2.27 bits per heavy atom. The molecule has 2 nitrogen and oxygen atoms in total. The average molecular weight is 292 g/mol. The van der Waals surface area contributed by atoms with E-state index in [0.717, 1.165) is 5.56 Å². The van der Waals surface area contributed by atoms with Gasteiger partial charge in [0.15, 0.2) is 5.78 Å². The molecule has 0 saturated heterocycles. The van der Waals surface area contributed by atoms with Crippen molar-refractivity contribution in [1.82, 2.24) is 0 Å². The van der Waals surface area contributed by atoms with Crippen molar-refractivity contribution in [2.75, 3.05) is 7.11 Å². The molecule has 0 heterocycles. The van der Waals surface area contributed by atoms with Crippen LogP contribution < -0.4 is 4.74 Å². The van der Waals surface area contributed by atoms with Crippen molar-refractivity contribution >= 4 is 33.3 Å². The lowest BCUT2D eigenvalue weighted by molar-refractivity contribution is 0.0993. The Morgan fingerprint density at radius 3 is 2.73 bits per heavy atom. The van der Waals surface area contributed by atoms with Crippen LogP contribution in [-0.4, -0.2) is 17.7 Å². The van der Waals surface area contributed by atoms with Crippen molar-refractivity contribution in [2.45, 2.75) is 17.6 Å². The quantitative estimate of drug-likeness (QED) is 0.628. The molecule has 15 heavy (non-hydrogen) atoms. The van der Waals surface area contributed by atoms with Gasteiger partial charge in [-0.3, -0.25) is 4.79 Å². The van der Waals surface area contributed by atoms with Crippen molar-refractivity contribution in [3.05, 3.63) is 29.3 Å². The first-order chi connectivity index (χ1) is 7.10. The van der Waals surface area contributed by atoms with Gasteiger partial charge in [-0.05, 0) is 24.6 Å². The van der Waals surface area contributed by atoms with Crippen molar-refractivity contribution in [3.8, 4) is 5.75 Å². The van der Waals surface area contributed by atoms with Gasteiger partial charge < -0.3 is 4.74 Å². The molecule has 1 atom stereocenters. The average Bonchev–Trinajstić information content (AvgIpc) is 2.27. The highest BCUT2D eigenvalue weighted by molar-refractivity contribution is 9.10. The molecule has 0 N–H and O–H groups in total. The Bertz CT molecular complexity index is 364. The highest BCUT2D eigenvalue weighted by Gasteiger charge is 2.16. The van der Waals surface area contributed by atoms with E-state index in [-0.39, 0.29) is 10.6 Å². The van der Waals surface area contributed by atoms with E-state index in [0.29, 0.717) is 17.2 Å². The Balaban J connectivity index is 3.13. The van der Waals surface area contributed by atoms with Crippen molar-refractivity contribution < 1.29 is 9.53 Å². The van der Waals surface area contributed by atoms with E-state index < -0.39 is 0 Å². The van der Waals surface area contributed by atoms with Crippen LogP contribution in [0.25, 0.3) is 0 Å². The highest BCUT2D eigenvalue weighted by atomic mass is 79.9. The van der Waals surface area contributed by atoms with Crippen LogP contribution in [0.1, 0.15) is 22.8 Å². The van der Waals surface area contributed by atoms with Crippen LogP contribution in [0.15, 0.2) is 18.2 Å². The first-order valence-electron chi connectivity index (χ1n) is 4.51. The molecule has 0 fully saturated rings. The lowest BCUT2D eigenvalue weighted by Gasteiger charge is -2.10. The molecule has 0 saturated carbocycles. The van der Waals surface area contributed by atoms with Crippen LogP contribution in [0, 0.1) is 0 Å². The van der Waals surface area contributed by atoms with E-state index in [4.69, 9.17) is 16.3 Å². The van der Waals surface area contributed by atoms with Crippen LogP contribution in [0.4, 0.5) is 0 Å². The molecule has 0 spiro atoms. The van der Waals surface area contributed by atoms with Crippen molar-refractivity contribution in [2.24, 2.45) is 0 Å². The van der Waals surface area contributed by atoms with Gasteiger partial charge in [-0.25, -0.2) is 0 Å². The van der Waals surface area contributed by atoms with Gasteiger partial charge in [0.2, 0.25) is 0 Å². The Hall–Kier alpha value is -0.540. The zero-order valence-corrected chi connectivity index (χ0v) is 10.9. The molecule has 0 aliphatic rings. The number of rotatable bonds is 4. The summed E-state index contributed by atoms with van der Waals surface area (Å²) in [6.45, 7) is 1.79. The fourth-order valence-electron chi connectivity index (χ4n) is 1.24. The van der Waals surface area contributed by atoms with Gasteiger partial charge >= 0.3 is 0 Å². The van der Waals surface area contributed by atoms with E-state index in [1.54, 1.807) is 26.2 Å². The van der Waals surface area contributed by atoms with Gasteiger partial charge in [0.05, 0.1) is 17.5 Å². The highest BCUT2D eigenvalue weighted by Crippen LogP contribution is 2.24. The molecule has 1 aromatic rings. The summed E-state index contributed by atoms with van der Waals surface area (Å²) in [6, 6.07) is 5.37. The molecule has 0 aromatic heterocycles. The Morgan fingerprint density at radius 1 is 1.60 bits per heavy atom. The number of methoxy groups -OCH3 is 1. The molecule has 4 heteroatoms. The van der Waals surface area contributed by atoms with Crippen molar-refractivity contribution in [3.63, 3.8) is 0 Å². The van der Waals surface area contributed by atoms with Crippen LogP contribution in [0.2, 0.25) is 0 Å². The predicted octanol–water partition coefficient (Wildman–Crippen LogP) is 3.40. The first kappa shape index (κ1) is 12.5. The lowest BCUT2D eigenvalue weighted by Crippen LogP contribution is -2.11. The maximum Gasteiger partial charge on any atom is 0.179 e. The van der Waals surface area contributed by atoms with E-state index in [9.17, 15) is 4.79 Å². The second-order valence-electron chi connectivity index (χ2n) is 3.15. The first-order valence-corrected chi connectivity index (χ1v) is 5.96. The second kappa shape index (κ2) is 5.52. The number of alkyl halides is 2. The maximum atomic E-state index is 11.8. The number of benzene rings is 1. The van der Waals surface area contributed by atoms with Gasteiger partial charge in [0, 0.05) is 5.88 Å². The zero-order chi connectivity index (χ0) is 11.4. The number of carbonyl (C=O) groups excluding carboxylic acids is 1. The molecule has 0 radical (unpaired) electrons. The van der Waals surface area contributed by atoms with Crippen molar-refractivity contribution in [1.29, 1.82) is 0 Å². The summed E-state index contributed by atoms with van der Waals surface area (Å²) >= 11 is 8.94. The van der Waals surface area contributed by atoms with E-state index in [1.165, 1.54) is 0 Å². The monoisotopic (exact) mass is 290 g/mol. The third-order valence-corrected chi connectivity index (χ3v) is 2.77.